The lowest BCUT2D eigenvalue weighted by Gasteiger charge is -2.09. The van der Waals surface area contributed by atoms with E-state index in [2.05, 4.69) is 15.1 Å². The summed E-state index contributed by atoms with van der Waals surface area (Å²) in [5.41, 5.74) is 6.92. The van der Waals surface area contributed by atoms with Crippen LogP contribution in [0.5, 0.6) is 5.75 Å². The molecule has 3 aromatic rings. The second-order valence-electron chi connectivity index (χ2n) is 6.04. The lowest BCUT2D eigenvalue weighted by Crippen LogP contribution is -2.18. The molecule has 0 aliphatic rings. The average Bonchev–Trinajstić information content (AvgIpc) is 2.95. The quantitative estimate of drug-likeness (QED) is 0.521. The molecule has 0 unspecified atom stereocenters. The normalized spacial score (nSPS) is 11.0. The van der Waals surface area contributed by atoms with Crippen LogP contribution >= 0.6 is 11.6 Å². The summed E-state index contributed by atoms with van der Waals surface area (Å²) in [7, 11) is 1.53. The van der Waals surface area contributed by atoms with Crippen molar-refractivity contribution >= 4 is 23.7 Å². The Morgan fingerprint density at radius 1 is 1.15 bits per heavy atom. The first-order valence-electron chi connectivity index (χ1n) is 8.42. The maximum absolute atomic E-state index is 12.3. The lowest BCUT2D eigenvalue weighted by atomic mass is 10.2. The van der Waals surface area contributed by atoms with Gasteiger partial charge in [-0.15, -0.1) is 0 Å². The Labute approximate surface area is 163 Å². The molecule has 0 bridgehead atoms. The summed E-state index contributed by atoms with van der Waals surface area (Å²) in [4.78, 5) is 12.3. The monoisotopic (exact) mass is 381 g/mol. The molecule has 0 aliphatic carbocycles. The number of carbonyl (C=O) groups is 1. The fourth-order valence-corrected chi connectivity index (χ4v) is 3.17. The summed E-state index contributed by atoms with van der Waals surface area (Å²) in [6, 6.07) is 16.7. The molecule has 1 aromatic heterocycles. The Bertz CT molecular complexity index is 1010. The molecule has 3 rings (SSSR count). The van der Waals surface area contributed by atoms with Gasteiger partial charge < -0.3 is 9.30 Å². The molecule has 2 aromatic carbocycles. The number of benzene rings is 2. The van der Waals surface area contributed by atoms with Gasteiger partial charge in [-0.1, -0.05) is 29.8 Å². The second-order valence-corrected chi connectivity index (χ2v) is 6.48. The number of para-hydroxylation sites is 1. The topological polar surface area (TPSA) is 55.6 Å². The summed E-state index contributed by atoms with van der Waals surface area (Å²) in [5, 5.41) is 4.78. The Morgan fingerprint density at radius 2 is 1.93 bits per heavy atom. The van der Waals surface area contributed by atoms with E-state index in [1.54, 1.807) is 24.4 Å². The van der Waals surface area contributed by atoms with Gasteiger partial charge in [-0.05, 0) is 50.2 Å². The number of methoxy groups -OCH3 is 1. The fourth-order valence-electron chi connectivity index (χ4n) is 2.98. The Kier molecular flexibility index (Phi) is 5.62. The van der Waals surface area contributed by atoms with Gasteiger partial charge in [0.1, 0.15) is 5.75 Å². The summed E-state index contributed by atoms with van der Waals surface area (Å²) in [6.07, 6.45) is 1.64. The van der Waals surface area contributed by atoms with Crippen LogP contribution in [0.2, 0.25) is 5.02 Å². The minimum atomic E-state index is -0.327. The number of aryl methyl sites for hydroxylation is 1. The highest BCUT2D eigenvalue weighted by molar-refractivity contribution is 6.30. The zero-order valence-electron chi connectivity index (χ0n) is 15.4. The van der Waals surface area contributed by atoms with Crippen LogP contribution in [-0.2, 0) is 0 Å². The third-order valence-electron chi connectivity index (χ3n) is 4.26. The molecular weight excluding hydrogens is 362 g/mol. The van der Waals surface area contributed by atoms with Gasteiger partial charge in [-0.2, -0.15) is 5.10 Å². The maximum Gasteiger partial charge on any atom is 0.275 e. The SMILES string of the molecule is COc1ccccc1C(=O)N/N=C\c1cc(C)n(-c2cccc(Cl)c2)c1C. The lowest BCUT2D eigenvalue weighted by molar-refractivity contribution is 0.0952. The molecule has 1 amide bonds. The van der Waals surface area contributed by atoms with E-state index in [1.807, 2.05) is 50.2 Å². The van der Waals surface area contributed by atoms with Crippen LogP contribution < -0.4 is 10.2 Å². The number of carbonyl (C=O) groups excluding carboxylic acids is 1. The first-order chi connectivity index (χ1) is 13.0. The van der Waals surface area contributed by atoms with Crippen LogP contribution in [-0.4, -0.2) is 23.8 Å². The van der Waals surface area contributed by atoms with Gasteiger partial charge in [-0.25, -0.2) is 5.43 Å². The smallest absolute Gasteiger partial charge is 0.275 e. The van der Waals surface area contributed by atoms with Gasteiger partial charge in [0.2, 0.25) is 0 Å². The van der Waals surface area contributed by atoms with Crippen molar-refractivity contribution in [3.05, 3.63) is 82.1 Å². The molecule has 0 saturated carbocycles. The predicted molar refractivity (Wildman–Crippen MR) is 108 cm³/mol. The minimum Gasteiger partial charge on any atom is -0.496 e. The third-order valence-corrected chi connectivity index (χ3v) is 4.49. The number of amides is 1. The second kappa shape index (κ2) is 8.10. The van der Waals surface area contributed by atoms with E-state index in [9.17, 15) is 4.79 Å². The molecule has 27 heavy (non-hydrogen) atoms. The van der Waals surface area contributed by atoms with E-state index in [-0.39, 0.29) is 5.91 Å². The van der Waals surface area contributed by atoms with Crippen LogP contribution in [0.4, 0.5) is 0 Å². The molecule has 138 valence electrons. The zero-order valence-corrected chi connectivity index (χ0v) is 16.1. The maximum atomic E-state index is 12.3. The highest BCUT2D eigenvalue weighted by atomic mass is 35.5. The molecule has 1 heterocycles. The van der Waals surface area contributed by atoms with Crippen molar-refractivity contribution in [1.29, 1.82) is 0 Å². The van der Waals surface area contributed by atoms with Crippen molar-refractivity contribution in [3.63, 3.8) is 0 Å². The van der Waals surface area contributed by atoms with Crippen LogP contribution in [0.25, 0.3) is 5.69 Å². The predicted octanol–water partition coefficient (Wildman–Crippen LogP) is 4.52. The third kappa shape index (κ3) is 4.04. The Morgan fingerprint density at radius 3 is 2.67 bits per heavy atom. The van der Waals surface area contributed by atoms with Crippen LogP contribution in [0.3, 0.4) is 0 Å². The number of rotatable bonds is 5. The molecule has 0 aliphatic heterocycles. The van der Waals surface area contributed by atoms with Crippen molar-refractivity contribution in [1.82, 2.24) is 9.99 Å². The summed E-state index contributed by atoms with van der Waals surface area (Å²) in [5.74, 6) is 0.177. The number of hydrazone groups is 1. The molecular formula is C21H20ClN3O2. The van der Waals surface area contributed by atoms with Crippen LogP contribution in [0.1, 0.15) is 27.3 Å². The van der Waals surface area contributed by atoms with E-state index >= 15 is 0 Å². The number of halogens is 1. The van der Waals surface area contributed by atoms with Gasteiger partial charge in [-0.3, -0.25) is 4.79 Å². The first kappa shape index (κ1) is 18.7. The van der Waals surface area contributed by atoms with E-state index in [1.165, 1.54) is 7.11 Å². The van der Waals surface area contributed by atoms with Crippen molar-refractivity contribution in [2.75, 3.05) is 7.11 Å². The number of ether oxygens (including phenoxy) is 1. The Hall–Kier alpha value is -3.05. The molecule has 5 nitrogen and oxygen atoms in total. The molecule has 6 heteroatoms. The van der Waals surface area contributed by atoms with Gasteiger partial charge in [0, 0.05) is 27.7 Å². The molecule has 0 saturated heterocycles. The summed E-state index contributed by atoms with van der Waals surface area (Å²) in [6.45, 7) is 4.01. The number of hydrogen-bond donors (Lipinski definition) is 1. The standard InChI is InChI=1S/C21H20ClN3O2/c1-14-11-16(15(2)25(14)18-8-6-7-17(22)12-18)13-23-24-21(26)19-9-4-5-10-20(19)27-3/h4-13H,1-3H3,(H,24,26)/b23-13-. The molecule has 0 fully saturated rings. The van der Waals surface area contributed by atoms with E-state index in [0.29, 0.717) is 16.3 Å². The highest BCUT2D eigenvalue weighted by Gasteiger charge is 2.12. The summed E-state index contributed by atoms with van der Waals surface area (Å²) >= 11 is 6.11. The van der Waals surface area contributed by atoms with Gasteiger partial charge >= 0.3 is 0 Å². The van der Waals surface area contributed by atoms with Crippen molar-refractivity contribution < 1.29 is 9.53 Å². The number of hydrogen-bond acceptors (Lipinski definition) is 3. The van der Waals surface area contributed by atoms with Crippen LogP contribution in [0.15, 0.2) is 59.7 Å². The number of nitrogens with zero attached hydrogens (tertiary/aromatic N) is 2. The van der Waals surface area contributed by atoms with E-state index in [0.717, 1.165) is 22.6 Å². The van der Waals surface area contributed by atoms with Gasteiger partial charge in [0.15, 0.2) is 0 Å². The van der Waals surface area contributed by atoms with Crippen molar-refractivity contribution in [2.24, 2.45) is 5.10 Å². The van der Waals surface area contributed by atoms with Gasteiger partial charge in [0.25, 0.3) is 5.91 Å². The number of aromatic nitrogens is 1. The minimum absolute atomic E-state index is 0.327. The van der Waals surface area contributed by atoms with Gasteiger partial charge in [0.05, 0.1) is 18.9 Å². The highest BCUT2D eigenvalue weighted by Crippen LogP contribution is 2.22. The largest absolute Gasteiger partial charge is 0.496 e. The first-order valence-corrected chi connectivity index (χ1v) is 8.80. The fraction of sp³-hybridized carbons (Fsp3) is 0.143. The van der Waals surface area contributed by atoms with E-state index in [4.69, 9.17) is 16.3 Å². The molecule has 0 radical (unpaired) electrons. The number of nitrogens with one attached hydrogen (secondary N) is 1. The summed E-state index contributed by atoms with van der Waals surface area (Å²) < 4.78 is 7.29. The Balaban J connectivity index is 1.80. The molecule has 0 atom stereocenters. The molecule has 1 N–H and O–H groups in total. The van der Waals surface area contributed by atoms with Crippen LogP contribution in [0, 0.1) is 13.8 Å². The van der Waals surface area contributed by atoms with Crippen molar-refractivity contribution in [2.45, 2.75) is 13.8 Å². The van der Waals surface area contributed by atoms with E-state index < -0.39 is 0 Å². The van der Waals surface area contributed by atoms with Crippen molar-refractivity contribution in [3.8, 4) is 11.4 Å². The average molecular weight is 382 g/mol. The molecule has 0 spiro atoms. The zero-order chi connectivity index (χ0) is 19.4.